The van der Waals surface area contributed by atoms with Gasteiger partial charge in [-0.25, -0.2) is 0 Å². The number of ether oxygens (including phenoxy) is 1. The second-order valence-corrected chi connectivity index (χ2v) is 8.29. The molecule has 2 N–H and O–H groups in total. The van der Waals surface area contributed by atoms with Crippen molar-refractivity contribution in [2.75, 3.05) is 53.4 Å². The lowest BCUT2D eigenvalue weighted by molar-refractivity contribution is -0.143. The van der Waals surface area contributed by atoms with Crippen LogP contribution < -0.4 is 15.4 Å². The van der Waals surface area contributed by atoms with Crippen molar-refractivity contribution in [1.82, 2.24) is 20.4 Å². The first-order valence-electron chi connectivity index (χ1n) is 11.0. The molecule has 31 heavy (non-hydrogen) atoms. The van der Waals surface area contributed by atoms with Crippen LogP contribution in [-0.2, 0) is 0 Å². The fourth-order valence-corrected chi connectivity index (χ4v) is 4.54. The number of nitrogens with one attached hydrogen (secondary N) is 2. The molecule has 2 saturated heterocycles. The van der Waals surface area contributed by atoms with Gasteiger partial charge in [-0.05, 0) is 38.4 Å². The second-order valence-electron chi connectivity index (χ2n) is 8.29. The maximum absolute atomic E-state index is 12.7. The van der Waals surface area contributed by atoms with E-state index < -0.39 is 12.7 Å². The summed E-state index contributed by atoms with van der Waals surface area (Å²) in [6.07, 6.45) is 0.109. The molecular formula is C22H34F3N5O. The molecule has 0 aliphatic carbocycles. The zero-order valence-corrected chi connectivity index (χ0v) is 18.4. The Morgan fingerprint density at radius 1 is 1.19 bits per heavy atom. The molecular weight excluding hydrogens is 407 g/mol. The van der Waals surface area contributed by atoms with Crippen molar-refractivity contribution in [2.45, 2.75) is 43.9 Å². The quantitative estimate of drug-likeness (QED) is 0.503. The van der Waals surface area contributed by atoms with Gasteiger partial charge in [0.25, 0.3) is 0 Å². The molecule has 2 aliphatic rings. The molecule has 0 spiro atoms. The summed E-state index contributed by atoms with van der Waals surface area (Å²) in [7, 11) is 3.38. The maximum Gasteiger partial charge on any atom is 0.401 e. The second kappa shape index (κ2) is 11.0. The fourth-order valence-electron chi connectivity index (χ4n) is 4.54. The number of benzene rings is 1. The number of alkyl halides is 3. The number of hydrogen-bond donors (Lipinski definition) is 2. The third-order valence-electron chi connectivity index (χ3n) is 6.03. The molecule has 3 rings (SSSR count). The average molecular weight is 442 g/mol. The standard InChI is InChI=1S/C22H34F3N5O/c1-26-21(28-17-10-13-29(15-17)16-22(23,24)25)27-14-19(30-11-6-3-7-12-30)18-8-4-5-9-20(18)31-2/h4-5,8-9,17,19H,3,6-7,10-16H2,1-2H3,(H2,26,27,28). The highest BCUT2D eigenvalue weighted by molar-refractivity contribution is 5.80. The van der Waals surface area contributed by atoms with Crippen molar-refractivity contribution in [3.05, 3.63) is 29.8 Å². The minimum atomic E-state index is -4.16. The van der Waals surface area contributed by atoms with E-state index in [1.807, 2.05) is 18.2 Å². The Morgan fingerprint density at radius 3 is 2.61 bits per heavy atom. The number of halogens is 3. The summed E-state index contributed by atoms with van der Waals surface area (Å²) in [5, 5.41) is 6.71. The molecule has 0 bridgehead atoms. The van der Waals surface area contributed by atoms with Crippen LogP contribution in [0.5, 0.6) is 5.75 Å². The summed E-state index contributed by atoms with van der Waals surface area (Å²) in [6.45, 7) is 2.64. The van der Waals surface area contributed by atoms with Gasteiger partial charge in [0, 0.05) is 38.3 Å². The molecule has 2 unspecified atom stereocenters. The molecule has 6 nitrogen and oxygen atoms in total. The molecule has 1 aromatic carbocycles. The van der Waals surface area contributed by atoms with E-state index in [1.54, 1.807) is 14.2 Å². The number of piperidine rings is 1. The lowest BCUT2D eigenvalue weighted by Gasteiger charge is -2.36. The van der Waals surface area contributed by atoms with Crippen molar-refractivity contribution >= 4 is 5.96 Å². The molecule has 2 atom stereocenters. The third-order valence-corrected chi connectivity index (χ3v) is 6.03. The Kier molecular flexibility index (Phi) is 8.43. The highest BCUT2D eigenvalue weighted by atomic mass is 19.4. The van der Waals surface area contributed by atoms with Crippen molar-refractivity contribution in [3.63, 3.8) is 0 Å². The van der Waals surface area contributed by atoms with Crippen LogP contribution in [0.2, 0.25) is 0 Å². The summed E-state index contributed by atoms with van der Waals surface area (Å²) < 4.78 is 43.6. The molecule has 0 saturated carbocycles. The number of rotatable bonds is 7. The first-order chi connectivity index (χ1) is 14.9. The van der Waals surface area contributed by atoms with E-state index in [4.69, 9.17) is 4.74 Å². The van der Waals surface area contributed by atoms with Crippen LogP contribution in [0.25, 0.3) is 0 Å². The zero-order valence-electron chi connectivity index (χ0n) is 18.4. The lowest BCUT2D eigenvalue weighted by Crippen LogP contribution is -2.48. The van der Waals surface area contributed by atoms with E-state index >= 15 is 0 Å². The summed E-state index contributed by atoms with van der Waals surface area (Å²) in [6, 6.07) is 8.15. The van der Waals surface area contributed by atoms with Crippen LogP contribution in [0.1, 0.15) is 37.3 Å². The Bertz CT molecular complexity index is 721. The van der Waals surface area contributed by atoms with Gasteiger partial charge >= 0.3 is 6.18 Å². The van der Waals surface area contributed by atoms with E-state index in [-0.39, 0.29) is 12.1 Å². The SMILES string of the molecule is CN=C(NCC(c1ccccc1OC)N1CCCCC1)NC1CCN(CC(F)(F)F)C1. The van der Waals surface area contributed by atoms with Gasteiger partial charge in [0.15, 0.2) is 5.96 Å². The summed E-state index contributed by atoms with van der Waals surface area (Å²) in [5.41, 5.74) is 1.13. The topological polar surface area (TPSA) is 52.1 Å². The van der Waals surface area contributed by atoms with Gasteiger partial charge < -0.3 is 15.4 Å². The lowest BCUT2D eigenvalue weighted by atomic mass is 10.0. The highest BCUT2D eigenvalue weighted by Gasteiger charge is 2.34. The number of methoxy groups -OCH3 is 1. The van der Waals surface area contributed by atoms with Gasteiger partial charge in [-0.2, -0.15) is 13.2 Å². The van der Waals surface area contributed by atoms with Crippen LogP contribution in [0.4, 0.5) is 13.2 Å². The van der Waals surface area contributed by atoms with Gasteiger partial charge in [0.05, 0.1) is 19.7 Å². The van der Waals surface area contributed by atoms with Crippen LogP contribution in [-0.4, -0.2) is 81.4 Å². The Hall–Kier alpha value is -2.00. The van der Waals surface area contributed by atoms with Crippen molar-refractivity contribution in [3.8, 4) is 5.75 Å². The summed E-state index contributed by atoms with van der Waals surface area (Å²) >= 11 is 0. The van der Waals surface area contributed by atoms with Crippen molar-refractivity contribution in [2.24, 2.45) is 4.99 Å². The van der Waals surface area contributed by atoms with Crippen molar-refractivity contribution in [1.29, 1.82) is 0 Å². The number of likely N-dealkylation sites (tertiary alicyclic amines) is 2. The van der Waals surface area contributed by atoms with Gasteiger partial charge in [-0.3, -0.25) is 14.8 Å². The van der Waals surface area contributed by atoms with E-state index in [2.05, 4.69) is 26.6 Å². The number of para-hydroxylation sites is 1. The maximum atomic E-state index is 12.7. The Labute approximate surface area is 182 Å². The molecule has 2 fully saturated rings. The van der Waals surface area contributed by atoms with E-state index in [0.717, 1.165) is 24.4 Å². The van der Waals surface area contributed by atoms with Gasteiger partial charge in [0.1, 0.15) is 5.75 Å². The van der Waals surface area contributed by atoms with Crippen molar-refractivity contribution < 1.29 is 17.9 Å². The van der Waals surface area contributed by atoms with Crippen LogP contribution in [0, 0.1) is 0 Å². The van der Waals surface area contributed by atoms with Gasteiger partial charge in [-0.15, -0.1) is 0 Å². The van der Waals surface area contributed by atoms with Crippen LogP contribution >= 0.6 is 0 Å². The number of aliphatic imine (C=N–C) groups is 1. The number of nitrogens with zero attached hydrogens (tertiary/aromatic N) is 3. The Balaban J connectivity index is 1.62. The third kappa shape index (κ3) is 7.00. The molecule has 2 aliphatic heterocycles. The monoisotopic (exact) mass is 441 g/mol. The smallest absolute Gasteiger partial charge is 0.401 e. The largest absolute Gasteiger partial charge is 0.496 e. The van der Waals surface area contributed by atoms with Gasteiger partial charge in [-0.1, -0.05) is 24.6 Å². The Morgan fingerprint density at radius 2 is 1.94 bits per heavy atom. The fraction of sp³-hybridized carbons (Fsp3) is 0.682. The first-order valence-corrected chi connectivity index (χ1v) is 11.0. The number of guanidine groups is 1. The minimum absolute atomic E-state index is 0.0479. The van der Waals surface area contributed by atoms with E-state index in [9.17, 15) is 13.2 Å². The summed E-state index contributed by atoms with van der Waals surface area (Å²) in [5.74, 6) is 1.48. The van der Waals surface area contributed by atoms with Gasteiger partial charge in [0.2, 0.25) is 0 Å². The van der Waals surface area contributed by atoms with Crippen LogP contribution in [0.15, 0.2) is 29.3 Å². The minimum Gasteiger partial charge on any atom is -0.496 e. The normalized spacial score (nSPS) is 22.4. The van der Waals surface area contributed by atoms with Crippen LogP contribution in [0.3, 0.4) is 0 Å². The predicted molar refractivity (Wildman–Crippen MR) is 117 cm³/mol. The first kappa shape index (κ1) is 23.7. The average Bonchev–Trinajstić information content (AvgIpc) is 3.19. The highest BCUT2D eigenvalue weighted by Crippen LogP contribution is 2.31. The molecule has 0 amide bonds. The molecule has 2 heterocycles. The molecule has 1 aromatic rings. The summed E-state index contributed by atoms with van der Waals surface area (Å²) in [4.78, 5) is 8.22. The van der Waals surface area contributed by atoms with E-state index in [1.165, 1.54) is 24.2 Å². The molecule has 0 radical (unpaired) electrons. The number of hydrogen-bond acceptors (Lipinski definition) is 4. The predicted octanol–water partition coefficient (Wildman–Crippen LogP) is 3.02. The molecule has 174 valence electrons. The van der Waals surface area contributed by atoms with E-state index in [0.29, 0.717) is 32.0 Å². The molecule has 9 heteroatoms. The zero-order chi connectivity index (χ0) is 22.3. The molecule has 0 aromatic heterocycles.